The molecule has 4 heteroatoms. The second-order valence-electron chi connectivity index (χ2n) is 4.43. The summed E-state index contributed by atoms with van der Waals surface area (Å²) in [6.45, 7) is 0. The summed E-state index contributed by atoms with van der Waals surface area (Å²) in [5.74, 6) is -0.699. The van der Waals surface area contributed by atoms with E-state index in [1.807, 2.05) is 12.1 Å². The highest BCUT2D eigenvalue weighted by Crippen LogP contribution is 2.13. The van der Waals surface area contributed by atoms with Gasteiger partial charge >= 0.3 is 0 Å². The Morgan fingerprint density at radius 3 is 1.86 bits per heavy atom. The van der Waals surface area contributed by atoms with E-state index in [0.717, 1.165) is 0 Å². The summed E-state index contributed by atoms with van der Waals surface area (Å²) < 4.78 is 5.14. The van der Waals surface area contributed by atoms with Crippen LogP contribution in [0.3, 0.4) is 0 Å². The molecular formula is C17H11NO3. The monoisotopic (exact) mass is 277 g/mol. The van der Waals surface area contributed by atoms with Crippen molar-refractivity contribution in [2.75, 3.05) is 0 Å². The van der Waals surface area contributed by atoms with Gasteiger partial charge in [-0.15, -0.1) is 0 Å². The number of hydrogen-bond donors (Lipinski definition) is 0. The molecule has 1 aromatic heterocycles. The Hall–Kier alpha value is -3.01. The van der Waals surface area contributed by atoms with E-state index >= 15 is 0 Å². The zero-order valence-corrected chi connectivity index (χ0v) is 11.0. The average molecular weight is 277 g/mol. The summed E-state index contributed by atoms with van der Waals surface area (Å²) in [7, 11) is 0. The fourth-order valence-corrected chi connectivity index (χ4v) is 1.93. The third-order valence-electron chi connectivity index (χ3n) is 3.00. The van der Waals surface area contributed by atoms with Crippen molar-refractivity contribution >= 4 is 11.6 Å². The molecule has 0 bridgehead atoms. The van der Waals surface area contributed by atoms with E-state index in [2.05, 4.69) is 4.98 Å². The van der Waals surface area contributed by atoms with E-state index in [1.165, 1.54) is 6.26 Å². The molecule has 0 aliphatic carbocycles. The number of carbonyl (C=O) groups excluding carboxylic acids is 2. The van der Waals surface area contributed by atoms with Gasteiger partial charge in [0, 0.05) is 11.1 Å². The lowest BCUT2D eigenvalue weighted by molar-refractivity contribution is 0.100. The van der Waals surface area contributed by atoms with Gasteiger partial charge in [-0.1, -0.05) is 60.7 Å². The highest BCUT2D eigenvalue weighted by Gasteiger charge is 2.19. The summed E-state index contributed by atoms with van der Waals surface area (Å²) in [5.41, 5.74) is 1.10. The average Bonchev–Trinajstić information content (AvgIpc) is 3.05. The summed E-state index contributed by atoms with van der Waals surface area (Å²) in [5, 5.41) is 0. The highest BCUT2D eigenvalue weighted by atomic mass is 16.3. The lowest BCUT2D eigenvalue weighted by atomic mass is 10.1. The van der Waals surface area contributed by atoms with Crippen LogP contribution in [0.4, 0.5) is 0 Å². The van der Waals surface area contributed by atoms with Gasteiger partial charge in [-0.05, 0) is 0 Å². The number of aromatic nitrogens is 1. The summed E-state index contributed by atoms with van der Waals surface area (Å²) >= 11 is 0. The van der Waals surface area contributed by atoms with Crippen LogP contribution in [-0.2, 0) is 0 Å². The van der Waals surface area contributed by atoms with Crippen LogP contribution in [-0.4, -0.2) is 16.6 Å². The molecule has 0 saturated carbocycles. The number of ketones is 2. The first-order valence-electron chi connectivity index (χ1n) is 6.41. The van der Waals surface area contributed by atoms with Crippen LogP contribution in [0.15, 0.2) is 71.3 Å². The van der Waals surface area contributed by atoms with Crippen LogP contribution in [0.25, 0.3) is 0 Å². The van der Waals surface area contributed by atoms with Gasteiger partial charge in [0.05, 0.1) is 0 Å². The van der Waals surface area contributed by atoms with Gasteiger partial charge in [-0.25, -0.2) is 4.98 Å². The van der Waals surface area contributed by atoms with E-state index in [0.29, 0.717) is 11.1 Å². The molecule has 102 valence electrons. The van der Waals surface area contributed by atoms with Crippen molar-refractivity contribution in [3.05, 3.63) is 89.6 Å². The molecule has 21 heavy (non-hydrogen) atoms. The minimum atomic E-state index is -0.345. The van der Waals surface area contributed by atoms with Crippen LogP contribution >= 0.6 is 0 Å². The number of carbonyl (C=O) groups is 2. The largest absolute Gasteiger partial charge is 0.441 e. The van der Waals surface area contributed by atoms with Crippen LogP contribution < -0.4 is 0 Å². The molecular weight excluding hydrogens is 266 g/mol. The lowest BCUT2D eigenvalue weighted by Gasteiger charge is -1.95. The van der Waals surface area contributed by atoms with Crippen molar-refractivity contribution in [2.24, 2.45) is 0 Å². The molecule has 0 aliphatic rings. The molecule has 0 saturated heterocycles. The second-order valence-corrected chi connectivity index (χ2v) is 4.43. The fraction of sp³-hybridized carbons (Fsp3) is 0. The number of benzene rings is 2. The van der Waals surface area contributed by atoms with Gasteiger partial charge in [-0.2, -0.15) is 0 Å². The van der Waals surface area contributed by atoms with Crippen molar-refractivity contribution in [3.8, 4) is 0 Å². The molecule has 0 fully saturated rings. The van der Waals surface area contributed by atoms with E-state index < -0.39 is 0 Å². The van der Waals surface area contributed by atoms with Crippen molar-refractivity contribution in [3.63, 3.8) is 0 Å². The maximum Gasteiger partial charge on any atom is 0.268 e. The molecule has 0 unspecified atom stereocenters. The first-order chi connectivity index (χ1) is 10.3. The van der Waals surface area contributed by atoms with E-state index in [-0.39, 0.29) is 23.2 Å². The maximum atomic E-state index is 12.2. The van der Waals surface area contributed by atoms with Gasteiger partial charge in [0.1, 0.15) is 6.26 Å². The van der Waals surface area contributed by atoms with Crippen LogP contribution in [0.2, 0.25) is 0 Å². The van der Waals surface area contributed by atoms with Gasteiger partial charge < -0.3 is 4.42 Å². The molecule has 3 rings (SSSR count). The fourth-order valence-electron chi connectivity index (χ4n) is 1.93. The minimum absolute atomic E-state index is 0.0829. The van der Waals surface area contributed by atoms with E-state index in [9.17, 15) is 9.59 Å². The molecule has 0 radical (unpaired) electrons. The first-order valence-corrected chi connectivity index (χ1v) is 6.41. The Kier molecular flexibility index (Phi) is 3.43. The van der Waals surface area contributed by atoms with Gasteiger partial charge in [-0.3, -0.25) is 9.59 Å². The Morgan fingerprint density at radius 1 is 0.762 bits per heavy atom. The Morgan fingerprint density at radius 2 is 1.29 bits per heavy atom. The quantitative estimate of drug-likeness (QED) is 0.687. The highest BCUT2D eigenvalue weighted by molar-refractivity contribution is 6.09. The molecule has 2 aromatic carbocycles. The second kappa shape index (κ2) is 5.54. The SMILES string of the molecule is O=C(c1ccccc1)c1coc(C(=O)c2ccccc2)n1. The zero-order chi connectivity index (χ0) is 14.7. The Labute approximate surface area is 121 Å². The van der Waals surface area contributed by atoms with Crippen molar-refractivity contribution in [2.45, 2.75) is 0 Å². The Bertz CT molecular complexity index is 710. The van der Waals surface area contributed by atoms with Crippen molar-refractivity contribution in [1.82, 2.24) is 4.98 Å². The number of hydrogen-bond acceptors (Lipinski definition) is 4. The number of rotatable bonds is 4. The molecule has 3 aromatic rings. The molecule has 0 atom stereocenters. The lowest BCUT2D eigenvalue weighted by Crippen LogP contribution is -2.05. The van der Waals surface area contributed by atoms with Gasteiger partial charge in [0.15, 0.2) is 5.69 Å². The Balaban J connectivity index is 1.87. The summed E-state index contributed by atoms with van der Waals surface area (Å²) in [6.07, 6.45) is 1.21. The minimum Gasteiger partial charge on any atom is -0.441 e. The van der Waals surface area contributed by atoms with Crippen LogP contribution in [0, 0.1) is 0 Å². The third-order valence-corrected chi connectivity index (χ3v) is 3.00. The number of oxazole rings is 1. The number of nitrogens with zero attached hydrogens (tertiary/aromatic N) is 1. The van der Waals surface area contributed by atoms with Gasteiger partial charge in [0.2, 0.25) is 11.6 Å². The van der Waals surface area contributed by atoms with Crippen molar-refractivity contribution in [1.29, 1.82) is 0 Å². The maximum absolute atomic E-state index is 12.2. The van der Waals surface area contributed by atoms with E-state index in [1.54, 1.807) is 48.5 Å². The predicted octanol–water partition coefficient (Wildman–Crippen LogP) is 3.14. The van der Waals surface area contributed by atoms with E-state index in [4.69, 9.17) is 4.42 Å². The zero-order valence-electron chi connectivity index (χ0n) is 11.0. The molecule has 0 amide bonds. The third kappa shape index (κ3) is 2.65. The standard InChI is InChI=1S/C17H11NO3/c19-15(12-7-3-1-4-8-12)14-11-21-17(18-14)16(20)13-9-5-2-6-10-13/h1-11H. The van der Waals surface area contributed by atoms with Crippen LogP contribution in [0.5, 0.6) is 0 Å². The summed E-state index contributed by atoms with van der Waals surface area (Å²) in [4.78, 5) is 28.3. The first kappa shape index (κ1) is 13.0. The van der Waals surface area contributed by atoms with Crippen molar-refractivity contribution < 1.29 is 14.0 Å². The normalized spacial score (nSPS) is 10.3. The molecule has 0 N–H and O–H groups in total. The molecule has 4 nitrogen and oxygen atoms in total. The molecule has 0 aliphatic heterocycles. The van der Waals surface area contributed by atoms with Gasteiger partial charge in [0.25, 0.3) is 5.89 Å². The molecule has 1 heterocycles. The summed E-state index contributed by atoms with van der Waals surface area (Å²) in [6, 6.07) is 17.4. The smallest absolute Gasteiger partial charge is 0.268 e. The topological polar surface area (TPSA) is 60.2 Å². The van der Waals surface area contributed by atoms with Crippen LogP contribution in [0.1, 0.15) is 32.3 Å². The molecule has 0 spiro atoms. The predicted molar refractivity (Wildman–Crippen MR) is 76.3 cm³/mol.